The van der Waals surface area contributed by atoms with E-state index in [1.165, 1.54) is 72.8 Å². The number of hydrogen-bond donors (Lipinski definition) is 4. The summed E-state index contributed by atoms with van der Waals surface area (Å²) < 4.78 is 10.2. The second kappa shape index (κ2) is 16.0. The van der Waals surface area contributed by atoms with Gasteiger partial charge >= 0.3 is 17.9 Å². The van der Waals surface area contributed by atoms with Gasteiger partial charge in [0.05, 0.1) is 27.6 Å². The molecule has 0 unspecified atom stereocenters. The second-order valence-electron chi connectivity index (χ2n) is 9.68. The molecular weight excluding hydrogens is 653 g/mol. The van der Waals surface area contributed by atoms with Gasteiger partial charge in [0.2, 0.25) is 18.1 Å². The van der Waals surface area contributed by atoms with E-state index < -0.39 is 41.9 Å². The molecule has 240 valence electrons. The second-order valence-corrected chi connectivity index (χ2v) is 10.5. The standard InChI is InChI=1S/C33H25Cl2N3O9/c34-24-12-6-4-10-22(24)32(44)46-27(28(31(42)43)47-33(45)23-11-5-7-13-25(23)35)30(41)38-37-29(40)20-14-16-21(17-15-20)36-26(39)18-19-8-2-1-3-9-19/h1-17,27-28H,18H2,(H,36,39)(H,37,40)(H,38,41)(H,42,43)/t27-,28-/m0/s1. The summed E-state index contributed by atoms with van der Waals surface area (Å²) >= 11 is 12.1. The Morgan fingerprint density at radius 1 is 0.638 bits per heavy atom. The molecule has 0 aliphatic heterocycles. The van der Waals surface area contributed by atoms with E-state index in [1.54, 1.807) is 0 Å². The van der Waals surface area contributed by atoms with E-state index in [1.807, 2.05) is 35.8 Å². The van der Waals surface area contributed by atoms with E-state index in [0.717, 1.165) is 5.56 Å². The first kappa shape index (κ1) is 34.2. The van der Waals surface area contributed by atoms with Crippen molar-refractivity contribution in [3.05, 3.63) is 135 Å². The lowest BCUT2D eigenvalue weighted by Gasteiger charge is -2.24. The fraction of sp³-hybridized carbons (Fsp3) is 0.0909. The molecule has 0 saturated heterocycles. The summed E-state index contributed by atoms with van der Waals surface area (Å²) in [6, 6.07) is 25.9. The van der Waals surface area contributed by atoms with Crippen molar-refractivity contribution in [1.29, 1.82) is 0 Å². The van der Waals surface area contributed by atoms with Crippen LogP contribution in [0, 0.1) is 0 Å². The Bertz CT molecular complexity index is 1800. The van der Waals surface area contributed by atoms with Gasteiger partial charge in [-0.1, -0.05) is 77.8 Å². The predicted octanol–water partition coefficient (Wildman–Crippen LogP) is 4.47. The molecule has 4 N–H and O–H groups in total. The Hall–Kier alpha value is -5.72. The van der Waals surface area contributed by atoms with E-state index in [9.17, 15) is 33.9 Å². The molecule has 0 saturated carbocycles. The van der Waals surface area contributed by atoms with Crippen molar-refractivity contribution in [2.75, 3.05) is 5.32 Å². The highest BCUT2D eigenvalue weighted by Crippen LogP contribution is 2.21. The van der Waals surface area contributed by atoms with Crippen LogP contribution in [-0.2, 0) is 30.3 Å². The lowest BCUT2D eigenvalue weighted by molar-refractivity contribution is -0.159. The monoisotopic (exact) mass is 677 g/mol. The van der Waals surface area contributed by atoms with Gasteiger partial charge in [-0.15, -0.1) is 0 Å². The molecule has 14 heteroatoms. The van der Waals surface area contributed by atoms with Crippen molar-refractivity contribution in [3.63, 3.8) is 0 Å². The van der Waals surface area contributed by atoms with Crippen LogP contribution in [0.3, 0.4) is 0 Å². The van der Waals surface area contributed by atoms with Crippen LogP contribution in [0.5, 0.6) is 0 Å². The number of carboxylic acids is 1. The number of rotatable bonds is 11. The van der Waals surface area contributed by atoms with E-state index in [4.69, 9.17) is 32.7 Å². The van der Waals surface area contributed by atoms with Gasteiger partial charge in [0.1, 0.15) is 0 Å². The molecule has 0 heterocycles. The van der Waals surface area contributed by atoms with Gasteiger partial charge < -0.3 is 19.9 Å². The Balaban J connectivity index is 1.47. The number of amides is 3. The van der Waals surface area contributed by atoms with Gasteiger partial charge in [-0.05, 0) is 54.1 Å². The Labute approximate surface area is 277 Å². The zero-order valence-electron chi connectivity index (χ0n) is 24.1. The topological polar surface area (TPSA) is 177 Å². The van der Waals surface area contributed by atoms with Gasteiger partial charge in [-0.3, -0.25) is 25.2 Å². The SMILES string of the molecule is O=C(Cc1ccccc1)Nc1ccc(C(=O)NNC(=O)[C@@H](OC(=O)c2ccccc2Cl)[C@H](OC(=O)c2ccccc2Cl)C(=O)O)cc1. The number of esters is 2. The zero-order valence-corrected chi connectivity index (χ0v) is 25.7. The summed E-state index contributed by atoms with van der Waals surface area (Å²) in [6.07, 6.45) is -4.56. The van der Waals surface area contributed by atoms with Crippen LogP contribution in [0.25, 0.3) is 0 Å². The first-order valence-corrected chi connectivity index (χ1v) is 14.5. The van der Waals surface area contributed by atoms with Crippen LogP contribution in [-0.4, -0.2) is 52.9 Å². The molecule has 47 heavy (non-hydrogen) atoms. The third-order valence-corrected chi connectivity index (χ3v) is 7.03. The maximum atomic E-state index is 13.2. The number of benzene rings is 4. The molecule has 4 aromatic carbocycles. The third-order valence-electron chi connectivity index (χ3n) is 6.37. The van der Waals surface area contributed by atoms with E-state index in [-0.39, 0.29) is 39.1 Å². The highest BCUT2D eigenvalue weighted by molar-refractivity contribution is 6.34. The lowest BCUT2D eigenvalue weighted by atomic mass is 10.1. The molecule has 4 rings (SSSR count). The van der Waals surface area contributed by atoms with Crippen molar-refractivity contribution in [2.45, 2.75) is 18.6 Å². The number of nitrogens with one attached hydrogen (secondary N) is 3. The number of carbonyl (C=O) groups excluding carboxylic acids is 5. The van der Waals surface area contributed by atoms with Gasteiger partial charge in [-0.2, -0.15) is 0 Å². The quantitative estimate of drug-likeness (QED) is 0.132. The van der Waals surface area contributed by atoms with Crippen molar-refractivity contribution in [2.24, 2.45) is 0 Å². The van der Waals surface area contributed by atoms with Crippen molar-refractivity contribution >= 4 is 64.5 Å². The highest BCUT2D eigenvalue weighted by Gasteiger charge is 2.41. The summed E-state index contributed by atoms with van der Waals surface area (Å²) in [5.41, 5.74) is 4.90. The molecule has 2 atom stereocenters. The van der Waals surface area contributed by atoms with Crippen LogP contribution in [0.1, 0.15) is 36.6 Å². The van der Waals surface area contributed by atoms with Crippen molar-refractivity contribution < 1.29 is 43.3 Å². The lowest BCUT2D eigenvalue weighted by Crippen LogP contribution is -2.54. The van der Waals surface area contributed by atoms with Crippen LogP contribution in [0.15, 0.2) is 103 Å². The summed E-state index contributed by atoms with van der Waals surface area (Å²) in [5, 5.41) is 12.5. The maximum absolute atomic E-state index is 13.2. The van der Waals surface area contributed by atoms with Crippen molar-refractivity contribution in [1.82, 2.24) is 10.9 Å². The van der Waals surface area contributed by atoms with Gasteiger partial charge in [0, 0.05) is 11.3 Å². The normalized spacial score (nSPS) is 11.7. The number of anilines is 1. The molecule has 0 bridgehead atoms. The average molecular weight is 678 g/mol. The van der Waals surface area contributed by atoms with Crippen molar-refractivity contribution in [3.8, 4) is 0 Å². The highest BCUT2D eigenvalue weighted by atomic mass is 35.5. The van der Waals surface area contributed by atoms with Gasteiger partial charge in [0.15, 0.2) is 0 Å². The van der Waals surface area contributed by atoms with Crippen LogP contribution < -0.4 is 16.2 Å². The molecular formula is C33H25Cl2N3O9. The van der Waals surface area contributed by atoms with Crippen LogP contribution in [0.2, 0.25) is 10.0 Å². The maximum Gasteiger partial charge on any atom is 0.349 e. The number of carbonyl (C=O) groups is 6. The summed E-state index contributed by atoms with van der Waals surface area (Å²) in [4.78, 5) is 76.3. The van der Waals surface area contributed by atoms with Gasteiger partial charge in [-0.25, -0.2) is 14.4 Å². The largest absolute Gasteiger partial charge is 0.478 e. The smallest absolute Gasteiger partial charge is 0.349 e. The fourth-order valence-corrected chi connectivity index (χ4v) is 4.48. The number of hydrogen-bond acceptors (Lipinski definition) is 8. The van der Waals surface area contributed by atoms with E-state index in [0.29, 0.717) is 5.69 Å². The van der Waals surface area contributed by atoms with Crippen LogP contribution in [0.4, 0.5) is 5.69 Å². The summed E-state index contributed by atoms with van der Waals surface area (Å²) in [6.45, 7) is 0. The molecule has 3 amide bonds. The Morgan fingerprint density at radius 2 is 1.15 bits per heavy atom. The number of hydrazine groups is 1. The molecule has 12 nitrogen and oxygen atoms in total. The molecule has 0 aromatic heterocycles. The predicted molar refractivity (Wildman–Crippen MR) is 170 cm³/mol. The molecule has 0 spiro atoms. The van der Waals surface area contributed by atoms with Gasteiger partial charge in [0.25, 0.3) is 11.8 Å². The number of halogens is 2. The first-order valence-electron chi connectivity index (χ1n) is 13.7. The minimum absolute atomic E-state index is 0.0379. The summed E-state index contributed by atoms with van der Waals surface area (Å²) in [7, 11) is 0. The number of ether oxygens (including phenoxy) is 2. The summed E-state index contributed by atoms with van der Waals surface area (Å²) in [5.74, 6) is -6.78. The molecule has 0 aliphatic carbocycles. The Kier molecular flexibility index (Phi) is 11.6. The number of carboxylic acid groups (broad SMARTS) is 1. The minimum atomic E-state index is -2.39. The third kappa shape index (κ3) is 9.39. The van der Waals surface area contributed by atoms with E-state index in [2.05, 4.69) is 10.7 Å². The number of aliphatic carboxylic acids is 1. The molecule has 0 fully saturated rings. The first-order chi connectivity index (χ1) is 22.5. The fourth-order valence-electron chi connectivity index (χ4n) is 4.06. The molecule has 0 aliphatic rings. The molecule has 4 aromatic rings. The molecule has 0 radical (unpaired) electrons. The Morgan fingerprint density at radius 3 is 1.68 bits per heavy atom. The zero-order chi connectivity index (χ0) is 33.9. The average Bonchev–Trinajstić information content (AvgIpc) is 3.06. The van der Waals surface area contributed by atoms with Crippen LogP contribution >= 0.6 is 23.2 Å². The van der Waals surface area contributed by atoms with E-state index >= 15 is 0 Å². The minimum Gasteiger partial charge on any atom is -0.478 e.